The van der Waals surface area contributed by atoms with E-state index in [2.05, 4.69) is 46.7 Å². The van der Waals surface area contributed by atoms with Crippen LogP contribution in [-0.2, 0) is 0 Å². The van der Waals surface area contributed by atoms with Crippen molar-refractivity contribution in [2.24, 2.45) is 0 Å². The van der Waals surface area contributed by atoms with Crippen LogP contribution in [0.4, 0.5) is 0 Å². The van der Waals surface area contributed by atoms with Gasteiger partial charge in [-0.2, -0.15) is 0 Å². The van der Waals surface area contributed by atoms with Gasteiger partial charge in [-0.3, -0.25) is 0 Å². The van der Waals surface area contributed by atoms with Crippen LogP contribution in [-0.4, -0.2) is 35.6 Å². The van der Waals surface area contributed by atoms with Crippen molar-refractivity contribution in [2.75, 3.05) is 30.7 Å². The van der Waals surface area contributed by atoms with Crippen molar-refractivity contribution in [3.8, 4) is 0 Å². The number of hydrogen-bond acceptors (Lipinski definition) is 2. The van der Waals surface area contributed by atoms with E-state index in [1.807, 2.05) is 0 Å². The molecule has 2 nitrogen and oxygen atoms in total. The third-order valence-electron chi connectivity index (χ3n) is 6.36. The van der Waals surface area contributed by atoms with Crippen molar-refractivity contribution in [3.63, 3.8) is 0 Å². The zero-order chi connectivity index (χ0) is 22.0. The van der Waals surface area contributed by atoms with Gasteiger partial charge in [0.15, 0.2) is 0 Å². The van der Waals surface area contributed by atoms with Crippen LogP contribution in [0, 0.1) is 0 Å². The molecular formula is C27H57IN2. The Kier molecular flexibility index (Phi) is 28.3. The molecular weight excluding hydrogens is 479 g/mol. The van der Waals surface area contributed by atoms with Crippen LogP contribution >= 0.6 is 22.6 Å². The van der Waals surface area contributed by atoms with Crippen LogP contribution in [0.2, 0.25) is 0 Å². The Morgan fingerprint density at radius 3 is 1.13 bits per heavy atom. The number of nitrogens with one attached hydrogen (secondary N) is 1. The first-order chi connectivity index (χ1) is 14.8. The van der Waals surface area contributed by atoms with E-state index >= 15 is 0 Å². The monoisotopic (exact) mass is 536 g/mol. The van der Waals surface area contributed by atoms with Crippen molar-refractivity contribution in [2.45, 2.75) is 142 Å². The molecule has 0 rings (SSSR count). The molecule has 0 aromatic heterocycles. The Balaban J connectivity index is 3.61. The highest BCUT2D eigenvalue weighted by atomic mass is 127. The van der Waals surface area contributed by atoms with Crippen molar-refractivity contribution < 1.29 is 0 Å². The zero-order valence-electron chi connectivity index (χ0n) is 21.0. The largest absolute Gasteiger partial charge is 0.307 e. The molecule has 0 aliphatic carbocycles. The molecule has 0 unspecified atom stereocenters. The summed E-state index contributed by atoms with van der Waals surface area (Å²) in [6.07, 6.45) is 28.8. The summed E-state index contributed by atoms with van der Waals surface area (Å²) in [5.74, 6) is 0. The molecule has 0 aromatic rings. The molecule has 3 heteroatoms. The number of rotatable bonds is 26. The molecule has 0 atom stereocenters. The van der Waals surface area contributed by atoms with Gasteiger partial charge in [-0.05, 0) is 25.9 Å². The standard InChI is InChI=1S/C27H57IN2/c1-3-5-7-9-11-13-15-17-19-21-24-30(26-23-29-27-28)25-22-20-18-16-14-12-10-8-6-4-2/h29H,3-27H2,1-2H3. The van der Waals surface area contributed by atoms with Gasteiger partial charge in [0.25, 0.3) is 0 Å². The topological polar surface area (TPSA) is 15.3 Å². The lowest BCUT2D eigenvalue weighted by Crippen LogP contribution is -2.33. The second-order valence-corrected chi connectivity index (χ2v) is 10.1. The summed E-state index contributed by atoms with van der Waals surface area (Å²) in [6.45, 7) is 9.62. The Labute approximate surface area is 205 Å². The highest BCUT2D eigenvalue weighted by molar-refractivity contribution is 14.1. The van der Waals surface area contributed by atoms with Crippen LogP contribution in [0.25, 0.3) is 0 Å². The highest BCUT2D eigenvalue weighted by Crippen LogP contribution is 2.12. The van der Waals surface area contributed by atoms with E-state index in [0.717, 1.165) is 11.1 Å². The smallest absolute Gasteiger partial charge is 0.0480 e. The minimum Gasteiger partial charge on any atom is -0.307 e. The van der Waals surface area contributed by atoms with Gasteiger partial charge in [0.05, 0.1) is 0 Å². The average molecular weight is 537 g/mol. The summed E-state index contributed by atoms with van der Waals surface area (Å²) < 4.78 is 1.07. The maximum Gasteiger partial charge on any atom is 0.0480 e. The van der Waals surface area contributed by atoms with E-state index in [1.54, 1.807) is 0 Å². The van der Waals surface area contributed by atoms with Gasteiger partial charge in [0.2, 0.25) is 0 Å². The number of unbranched alkanes of at least 4 members (excludes halogenated alkanes) is 18. The Hall–Kier alpha value is 0.650. The minimum atomic E-state index is 1.07. The molecule has 1 N–H and O–H groups in total. The molecule has 0 aliphatic heterocycles. The van der Waals surface area contributed by atoms with Gasteiger partial charge in [-0.15, -0.1) is 0 Å². The molecule has 0 spiro atoms. The summed E-state index contributed by atoms with van der Waals surface area (Å²) in [5.41, 5.74) is 0. The van der Waals surface area contributed by atoms with E-state index in [9.17, 15) is 0 Å². The third-order valence-corrected chi connectivity index (χ3v) is 6.89. The molecule has 0 saturated carbocycles. The van der Waals surface area contributed by atoms with E-state index in [-0.39, 0.29) is 0 Å². The third kappa shape index (κ3) is 24.9. The Bertz CT molecular complexity index is 275. The summed E-state index contributed by atoms with van der Waals surface area (Å²) >= 11 is 2.42. The molecule has 0 aromatic carbocycles. The predicted octanol–water partition coefficient (Wildman–Crippen LogP) is 9.11. The van der Waals surface area contributed by atoms with E-state index < -0.39 is 0 Å². The van der Waals surface area contributed by atoms with Crippen molar-refractivity contribution >= 4 is 22.6 Å². The van der Waals surface area contributed by atoms with E-state index in [4.69, 9.17) is 0 Å². The summed E-state index contributed by atoms with van der Waals surface area (Å²) in [7, 11) is 0. The first-order valence-corrected chi connectivity index (χ1v) is 15.4. The molecule has 0 heterocycles. The van der Waals surface area contributed by atoms with Crippen molar-refractivity contribution in [1.29, 1.82) is 0 Å². The summed E-state index contributed by atoms with van der Waals surface area (Å²) in [5, 5.41) is 3.50. The maximum absolute atomic E-state index is 3.50. The fourth-order valence-corrected chi connectivity index (χ4v) is 4.67. The highest BCUT2D eigenvalue weighted by Gasteiger charge is 2.04. The lowest BCUT2D eigenvalue weighted by Gasteiger charge is -2.22. The van der Waals surface area contributed by atoms with Gasteiger partial charge in [-0.1, -0.05) is 152 Å². The Morgan fingerprint density at radius 1 is 0.467 bits per heavy atom. The molecule has 0 bridgehead atoms. The molecule has 0 saturated heterocycles. The summed E-state index contributed by atoms with van der Waals surface area (Å²) in [4.78, 5) is 2.73. The molecule has 0 fully saturated rings. The van der Waals surface area contributed by atoms with Crippen LogP contribution in [0.15, 0.2) is 0 Å². The van der Waals surface area contributed by atoms with Crippen molar-refractivity contribution in [3.05, 3.63) is 0 Å². The van der Waals surface area contributed by atoms with Crippen LogP contribution in [0.3, 0.4) is 0 Å². The summed E-state index contributed by atoms with van der Waals surface area (Å²) in [6, 6.07) is 0. The molecule has 30 heavy (non-hydrogen) atoms. The number of halogens is 1. The van der Waals surface area contributed by atoms with Crippen LogP contribution in [0.1, 0.15) is 142 Å². The maximum atomic E-state index is 3.50. The SMILES string of the molecule is CCCCCCCCCCCCN(CCCCCCCCCCCC)CCNCI. The van der Waals surface area contributed by atoms with Crippen LogP contribution in [0.5, 0.6) is 0 Å². The second-order valence-electron chi connectivity index (χ2n) is 9.34. The molecule has 0 aliphatic rings. The number of nitrogens with zero attached hydrogens (tertiary/aromatic N) is 1. The van der Waals surface area contributed by atoms with Gasteiger partial charge >= 0.3 is 0 Å². The first kappa shape index (κ1) is 30.6. The van der Waals surface area contributed by atoms with Crippen molar-refractivity contribution in [1.82, 2.24) is 10.2 Å². The van der Waals surface area contributed by atoms with Gasteiger partial charge in [0.1, 0.15) is 0 Å². The lowest BCUT2D eigenvalue weighted by molar-refractivity contribution is 0.261. The predicted molar refractivity (Wildman–Crippen MR) is 147 cm³/mol. The molecule has 0 amide bonds. The van der Waals surface area contributed by atoms with Gasteiger partial charge in [0, 0.05) is 17.6 Å². The van der Waals surface area contributed by atoms with Gasteiger partial charge < -0.3 is 10.2 Å². The fraction of sp³-hybridized carbons (Fsp3) is 1.00. The average Bonchev–Trinajstić information content (AvgIpc) is 2.76. The quantitative estimate of drug-likeness (QED) is 0.0513. The minimum absolute atomic E-state index is 1.07. The first-order valence-electron chi connectivity index (χ1n) is 13.8. The molecule has 182 valence electrons. The fourth-order valence-electron chi connectivity index (χ4n) is 4.29. The number of alkyl halides is 1. The molecule has 0 radical (unpaired) electrons. The van der Waals surface area contributed by atoms with E-state index in [0.29, 0.717) is 0 Å². The van der Waals surface area contributed by atoms with E-state index in [1.165, 1.54) is 148 Å². The Morgan fingerprint density at radius 2 is 0.800 bits per heavy atom. The lowest BCUT2D eigenvalue weighted by atomic mass is 10.1. The number of hydrogen-bond donors (Lipinski definition) is 1. The van der Waals surface area contributed by atoms with Crippen LogP contribution < -0.4 is 5.32 Å². The normalized spacial score (nSPS) is 11.6. The zero-order valence-corrected chi connectivity index (χ0v) is 23.2. The second kappa shape index (κ2) is 27.7. The van der Waals surface area contributed by atoms with Gasteiger partial charge in [-0.25, -0.2) is 0 Å².